The fourth-order valence-corrected chi connectivity index (χ4v) is 5.21. The van der Waals surface area contributed by atoms with Crippen LogP contribution >= 0.6 is 11.6 Å². The first kappa shape index (κ1) is 18.9. The van der Waals surface area contributed by atoms with Crippen LogP contribution in [0.2, 0.25) is 0 Å². The number of fused-ring (bicyclic) bond motifs is 1. The third kappa shape index (κ3) is 3.40. The molecule has 1 aliphatic carbocycles. The zero-order valence-corrected chi connectivity index (χ0v) is 17.5. The summed E-state index contributed by atoms with van der Waals surface area (Å²) in [5.74, 6) is 1.50. The smallest absolute Gasteiger partial charge is 0.245 e. The molecule has 1 aromatic carbocycles. The molecule has 1 amide bonds. The van der Waals surface area contributed by atoms with Crippen LogP contribution in [0.15, 0.2) is 52.6 Å². The van der Waals surface area contributed by atoms with E-state index < -0.39 is 0 Å². The molecule has 2 fully saturated rings. The molecule has 0 aromatic heterocycles. The second-order valence-corrected chi connectivity index (χ2v) is 9.27. The van der Waals surface area contributed by atoms with Crippen molar-refractivity contribution >= 4 is 23.3 Å². The number of carbonyl (C=O) groups excluding carboxylic acids is 1. The summed E-state index contributed by atoms with van der Waals surface area (Å²) in [4.78, 5) is 19.5. The minimum Gasteiger partial charge on any atom is -0.350 e. The van der Waals surface area contributed by atoms with Crippen molar-refractivity contribution in [3.8, 4) is 0 Å². The van der Waals surface area contributed by atoms with Crippen LogP contribution in [0.3, 0.4) is 0 Å². The topological polar surface area (TPSA) is 56.7 Å². The summed E-state index contributed by atoms with van der Waals surface area (Å²) >= 11 is 6.15. The highest BCUT2D eigenvalue weighted by atomic mass is 35.5. The van der Waals surface area contributed by atoms with Crippen molar-refractivity contribution in [2.45, 2.75) is 50.7 Å². The molecule has 1 unspecified atom stereocenters. The molecule has 3 heterocycles. The lowest BCUT2D eigenvalue weighted by Gasteiger charge is -2.54. The van der Waals surface area contributed by atoms with Gasteiger partial charge < -0.3 is 15.5 Å². The van der Waals surface area contributed by atoms with Gasteiger partial charge in [0.25, 0.3) is 0 Å². The van der Waals surface area contributed by atoms with Crippen molar-refractivity contribution in [3.63, 3.8) is 0 Å². The van der Waals surface area contributed by atoms with Crippen molar-refractivity contribution in [2.24, 2.45) is 10.4 Å². The normalized spacial score (nSPS) is 27.0. The summed E-state index contributed by atoms with van der Waals surface area (Å²) in [7, 11) is 0. The Morgan fingerprint density at radius 3 is 2.69 bits per heavy atom. The van der Waals surface area contributed by atoms with E-state index in [9.17, 15) is 4.79 Å². The van der Waals surface area contributed by atoms with Gasteiger partial charge in [-0.15, -0.1) is 0 Å². The van der Waals surface area contributed by atoms with E-state index >= 15 is 0 Å². The number of hydrogen-bond donors (Lipinski definition) is 2. The van der Waals surface area contributed by atoms with Crippen LogP contribution in [0.1, 0.15) is 43.2 Å². The van der Waals surface area contributed by atoms with Crippen LogP contribution in [0, 0.1) is 5.41 Å². The van der Waals surface area contributed by atoms with Gasteiger partial charge in [-0.25, -0.2) is 0 Å². The van der Waals surface area contributed by atoms with Crippen LogP contribution in [-0.4, -0.2) is 41.8 Å². The lowest BCUT2D eigenvalue weighted by molar-refractivity contribution is -0.124. The standard InChI is InChI=1S/C23H27ClN4O/c1-2-19-21(28-12-18(24)7-8-20(28)27-19)22(29)26-11-15-3-5-16(6-4-15)17-9-23(10-17)13-25-14-23/h3-8,12,17,19,21,25H,2,9-11,13-14H2,1H3,(H,26,29)/t19?,21-/m1/s1. The number of allylic oxidation sites excluding steroid dienone is 2. The summed E-state index contributed by atoms with van der Waals surface area (Å²) in [5.41, 5.74) is 3.15. The number of carbonyl (C=O) groups is 1. The summed E-state index contributed by atoms with van der Waals surface area (Å²) in [6.07, 6.45) is 8.92. The molecular weight excluding hydrogens is 384 g/mol. The minimum absolute atomic E-state index is 0.00545. The molecule has 1 spiro atoms. The van der Waals surface area contributed by atoms with Gasteiger partial charge in [-0.2, -0.15) is 0 Å². The Morgan fingerprint density at radius 2 is 2.03 bits per heavy atom. The number of amidine groups is 1. The SMILES string of the molecule is CCC1N=C2C=CC(Cl)=CN2[C@H]1C(=O)NCc1ccc(C2CC3(CNC3)C2)cc1. The van der Waals surface area contributed by atoms with Gasteiger partial charge >= 0.3 is 0 Å². The predicted octanol–water partition coefficient (Wildman–Crippen LogP) is 3.28. The van der Waals surface area contributed by atoms with Gasteiger partial charge in [0.2, 0.25) is 5.91 Å². The molecule has 29 heavy (non-hydrogen) atoms. The molecule has 2 N–H and O–H groups in total. The molecule has 152 valence electrons. The molecule has 3 aliphatic heterocycles. The quantitative estimate of drug-likeness (QED) is 0.783. The highest BCUT2D eigenvalue weighted by Gasteiger charge is 2.48. The summed E-state index contributed by atoms with van der Waals surface area (Å²) in [6, 6.07) is 8.36. The largest absolute Gasteiger partial charge is 0.350 e. The average Bonchev–Trinajstić information content (AvgIpc) is 3.02. The number of hydrogen-bond acceptors (Lipinski definition) is 4. The molecule has 4 aliphatic rings. The van der Waals surface area contributed by atoms with Crippen LogP contribution in [-0.2, 0) is 11.3 Å². The minimum atomic E-state index is -0.338. The lowest BCUT2D eigenvalue weighted by Crippen LogP contribution is -2.59. The molecule has 5 rings (SSSR count). The summed E-state index contributed by atoms with van der Waals surface area (Å²) in [6.45, 7) is 4.96. The van der Waals surface area contributed by atoms with Crippen molar-refractivity contribution in [2.75, 3.05) is 13.1 Å². The number of aliphatic imine (C=N–C) groups is 1. The molecule has 1 aromatic rings. The first-order valence-corrected chi connectivity index (χ1v) is 10.9. The lowest BCUT2D eigenvalue weighted by atomic mass is 9.57. The molecule has 0 bridgehead atoms. The second kappa shape index (κ2) is 7.29. The molecule has 5 nitrogen and oxygen atoms in total. The van der Waals surface area contributed by atoms with Crippen LogP contribution in [0.4, 0.5) is 0 Å². The second-order valence-electron chi connectivity index (χ2n) is 8.83. The van der Waals surface area contributed by atoms with Gasteiger partial charge in [-0.1, -0.05) is 42.8 Å². The zero-order chi connectivity index (χ0) is 20.0. The summed E-state index contributed by atoms with van der Waals surface area (Å²) < 4.78 is 0. The molecule has 1 saturated carbocycles. The molecule has 0 radical (unpaired) electrons. The van der Waals surface area contributed by atoms with Crippen molar-refractivity contribution < 1.29 is 4.79 Å². The monoisotopic (exact) mass is 410 g/mol. The number of amides is 1. The fourth-order valence-electron chi connectivity index (χ4n) is 5.05. The maximum Gasteiger partial charge on any atom is 0.245 e. The van der Waals surface area contributed by atoms with Crippen molar-refractivity contribution in [1.82, 2.24) is 15.5 Å². The first-order chi connectivity index (χ1) is 14.1. The Bertz CT molecular complexity index is 892. The number of benzene rings is 1. The van der Waals surface area contributed by atoms with E-state index in [-0.39, 0.29) is 18.0 Å². The van der Waals surface area contributed by atoms with E-state index in [1.54, 1.807) is 6.20 Å². The fraction of sp³-hybridized carbons (Fsp3) is 0.478. The third-order valence-corrected chi connectivity index (χ3v) is 7.07. The van der Waals surface area contributed by atoms with Crippen LogP contribution in [0.5, 0.6) is 0 Å². The van der Waals surface area contributed by atoms with E-state index in [1.165, 1.54) is 31.5 Å². The Morgan fingerprint density at radius 1 is 1.28 bits per heavy atom. The van der Waals surface area contributed by atoms with Gasteiger partial charge in [0.05, 0.1) is 11.1 Å². The Hall–Kier alpha value is -2.11. The molecular formula is C23H27ClN4O. The number of halogens is 1. The third-order valence-electron chi connectivity index (χ3n) is 6.84. The Labute approximate surface area is 176 Å². The number of nitrogens with zero attached hydrogens (tertiary/aromatic N) is 2. The highest BCUT2D eigenvalue weighted by Crippen LogP contribution is 2.53. The first-order valence-electron chi connectivity index (χ1n) is 10.6. The van der Waals surface area contributed by atoms with Crippen LogP contribution in [0.25, 0.3) is 0 Å². The van der Waals surface area contributed by atoms with Gasteiger partial charge in [-0.3, -0.25) is 9.79 Å². The maximum atomic E-state index is 13.0. The predicted molar refractivity (Wildman–Crippen MR) is 116 cm³/mol. The van der Waals surface area contributed by atoms with E-state index in [1.807, 2.05) is 17.1 Å². The van der Waals surface area contributed by atoms with Gasteiger partial charge in [-0.05, 0) is 53.9 Å². The number of rotatable bonds is 5. The van der Waals surface area contributed by atoms with E-state index in [0.29, 0.717) is 22.9 Å². The van der Waals surface area contributed by atoms with Crippen molar-refractivity contribution in [1.29, 1.82) is 0 Å². The van der Waals surface area contributed by atoms with E-state index in [2.05, 4.69) is 46.8 Å². The van der Waals surface area contributed by atoms with Crippen molar-refractivity contribution in [3.05, 3.63) is 58.8 Å². The van der Waals surface area contributed by atoms with E-state index in [4.69, 9.17) is 11.6 Å². The zero-order valence-electron chi connectivity index (χ0n) is 16.7. The van der Waals surface area contributed by atoms with Gasteiger partial charge in [0.15, 0.2) is 0 Å². The Balaban J connectivity index is 1.19. The van der Waals surface area contributed by atoms with Gasteiger partial charge in [0.1, 0.15) is 11.9 Å². The molecule has 6 heteroatoms. The molecule has 1 saturated heterocycles. The number of nitrogens with one attached hydrogen (secondary N) is 2. The Kier molecular flexibility index (Phi) is 4.75. The average molecular weight is 411 g/mol. The van der Waals surface area contributed by atoms with Crippen LogP contribution < -0.4 is 10.6 Å². The van der Waals surface area contributed by atoms with Gasteiger partial charge in [0, 0.05) is 25.8 Å². The maximum absolute atomic E-state index is 13.0. The molecule has 2 atom stereocenters. The van der Waals surface area contributed by atoms with E-state index in [0.717, 1.165) is 17.8 Å². The summed E-state index contributed by atoms with van der Waals surface area (Å²) in [5, 5.41) is 7.11. The highest BCUT2D eigenvalue weighted by molar-refractivity contribution is 6.32.